The number of likely N-dealkylation sites (tertiary alicyclic amines) is 1. The number of amides is 1. The van der Waals surface area contributed by atoms with Gasteiger partial charge in [-0.3, -0.25) is 4.79 Å². The molecular formula is C17H22N4OS. The molecule has 1 aliphatic rings. The number of piperidine rings is 1. The Morgan fingerprint density at radius 3 is 3.00 bits per heavy atom. The summed E-state index contributed by atoms with van der Waals surface area (Å²) in [7, 11) is 1.85. The molecule has 1 aromatic heterocycles. The third kappa shape index (κ3) is 3.75. The highest BCUT2D eigenvalue weighted by Crippen LogP contribution is 2.24. The third-order valence-electron chi connectivity index (χ3n) is 4.15. The summed E-state index contributed by atoms with van der Waals surface area (Å²) in [4.78, 5) is 23.4. The van der Waals surface area contributed by atoms with Gasteiger partial charge >= 0.3 is 0 Å². The van der Waals surface area contributed by atoms with Gasteiger partial charge in [-0.25, -0.2) is 9.97 Å². The molecule has 3 rings (SSSR count). The number of carbonyl (C=O) groups is 1. The van der Waals surface area contributed by atoms with Crippen molar-refractivity contribution >= 4 is 34.4 Å². The van der Waals surface area contributed by atoms with Crippen LogP contribution in [0.1, 0.15) is 19.8 Å². The Balaban J connectivity index is 1.70. The summed E-state index contributed by atoms with van der Waals surface area (Å²) in [6.07, 6.45) is 2.32. The van der Waals surface area contributed by atoms with E-state index in [1.165, 1.54) is 18.2 Å². The molecule has 1 aromatic carbocycles. The van der Waals surface area contributed by atoms with E-state index < -0.39 is 0 Å². The van der Waals surface area contributed by atoms with Crippen molar-refractivity contribution in [2.24, 2.45) is 5.92 Å². The van der Waals surface area contributed by atoms with E-state index in [9.17, 15) is 4.79 Å². The van der Waals surface area contributed by atoms with E-state index in [-0.39, 0.29) is 5.91 Å². The van der Waals surface area contributed by atoms with Crippen molar-refractivity contribution in [3.05, 3.63) is 24.3 Å². The van der Waals surface area contributed by atoms with Crippen molar-refractivity contribution in [3.8, 4) is 0 Å². The Kier molecular flexibility index (Phi) is 5.00. The summed E-state index contributed by atoms with van der Waals surface area (Å²) in [5, 5.41) is 4.75. The van der Waals surface area contributed by atoms with Crippen LogP contribution in [0.25, 0.3) is 10.9 Å². The number of rotatable bonds is 4. The van der Waals surface area contributed by atoms with Gasteiger partial charge in [-0.2, -0.15) is 0 Å². The van der Waals surface area contributed by atoms with Crippen molar-refractivity contribution < 1.29 is 4.79 Å². The maximum absolute atomic E-state index is 12.4. The molecule has 0 radical (unpaired) electrons. The molecule has 1 atom stereocenters. The SMILES string of the molecule is CNc1nc(SCC(=O)N2CCC[C@H](C)C2)nc2ccccc12. The number of hydrogen-bond donors (Lipinski definition) is 1. The van der Waals surface area contributed by atoms with E-state index in [1.807, 2.05) is 36.2 Å². The van der Waals surface area contributed by atoms with Crippen LogP contribution in [0.5, 0.6) is 0 Å². The van der Waals surface area contributed by atoms with Crippen LogP contribution in [-0.4, -0.2) is 46.7 Å². The van der Waals surface area contributed by atoms with E-state index >= 15 is 0 Å². The summed E-state index contributed by atoms with van der Waals surface area (Å²) in [6, 6.07) is 7.90. The zero-order valence-corrected chi connectivity index (χ0v) is 14.4. The summed E-state index contributed by atoms with van der Waals surface area (Å²) < 4.78 is 0. The number of anilines is 1. The highest BCUT2D eigenvalue weighted by molar-refractivity contribution is 7.99. The minimum absolute atomic E-state index is 0.185. The van der Waals surface area contributed by atoms with Gasteiger partial charge in [0.2, 0.25) is 5.91 Å². The number of carbonyl (C=O) groups excluding carboxylic acids is 1. The third-order valence-corrected chi connectivity index (χ3v) is 4.99. The fourth-order valence-corrected chi connectivity index (χ4v) is 3.70. The van der Waals surface area contributed by atoms with Crippen LogP contribution in [-0.2, 0) is 4.79 Å². The van der Waals surface area contributed by atoms with Crippen LogP contribution in [0, 0.1) is 5.92 Å². The molecule has 122 valence electrons. The highest BCUT2D eigenvalue weighted by atomic mass is 32.2. The maximum Gasteiger partial charge on any atom is 0.233 e. The van der Waals surface area contributed by atoms with Crippen molar-refractivity contribution in [1.82, 2.24) is 14.9 Å². The van der Waals surface area contributed by atoms with E-state index in [0.29, 0.717) is 16.8 Å². The fourth-order valence-electron chi connectivity index (χ4n) is 2.94. The zero-order valence-electron chi connectivity index (χ0n) is 13.6. The Bertz CT molecular complexity index is 706. The number of benzene rings is 1. The molecule has 1 aliphatic heterocycles. The van der Waals surface area contributed by atoms with E-state index in [4.69, 9.17) is 0 Å². The van der Waals surface area contributed by atoms with Gasteiger partial charge < -0.3 is 10.2 Å². The predicted molar refractivity (Wildman–Crippen MR) is 94.8 cm³/mol. The van der Waals surface area contributed by atoms with Gasteiger partial charge in [0, 0.05) is 25.5 Å². The molecule has 1 N–H and O–H groups in total. The van der Waals surface area contributed by atoms with Gasteiger partial charge in [-0.05, 0) is 30.9 Å². The lowest BCUT2D eigenvalue weighted by atomic mass is 10.0. The fraction of sp³-hybridized carbons (Fsp3) is 0.471. The van der Waals surface area contributed by atoms with Crippen molar-refractivity contribution in [2.45, 2.75) is 24.9 Å². The first kappa shape index (κ1) is 16.1. The summed E-state index contributed by atoms with van der Waals surface area (Å²) in [5.41, 5.74) is 0.897. The van der Waals surface area contributed by atoms with Crippen LogP contribution in [0.15, 0.2) is 29.4 Å². The van der Waals surface area contributed by atoms with Crippen LogP contribution >= 0.6 is 11.8 Å². The summed E-state index contributed by atoms with van der Waals surface area (Å²) in [6.45, 7) is 3.96. The molecule has 0 saturated carbocycles. The first-order valence-corrected chi connectivity index (χ1v) is 9.01. The summed E-state index contributed by atoms with van der Waals surface area (Å²) >= 11 is 1.41. The lowest BCUT2D eigenvalue weighted by Gasteiger charge is -2.30. The lowest BCUT2D eigenvalue weighted by molar-refractivity contribution is -0.130. The Hall–Kier alpha value is -1.82. The first-order chi connectivity index (χ1) is 11.2. The number of para-hydroxylation sites is 1. The lowest BCUT2D eigenvalue weighted by Crippen LogP contribution is -2.40. The number of nitrogens with zero attached hydrogens (tertiary/aromatic N) is 3. The molecule has 0 unspecified atom stereocenters. The first-order valence-electron chi connectivity index (χ1n) is 8.02. The number of fused-ring (bicyclic) bond motifs is 1. The highest BCUT2D eigenvalue weighted by Gasteiger charge is 2.21. The standard InChI is InChI=1S/C17H22N4OS/c1-12-6-5-9-21(10-12)15(22)11-23-17-19-14-8-4-3-7-13(14)16(18-2)20-17/h3-4,7-8,12H,5-6,9-11H2,1-2H3,(H,18,19,20)/t12-/m0/s1. The molecule has 1 saturated heterocycles. The van der Waals surface area contributed by atoms with Crippen LogP contribution in [0.2, 0.25) is 0 Å². The van der Waals surface area contributed by atoms with E-state index in [2.05, 4.69) is 22.2 Å². The van der Waals surface area contributed by atoms with Crippen molar-refractivity contribution in [2.75, 3.05) is 31.2 Å². The Morgan fingerprint density at radius 1 is 1.39 bits per heavy atom. The van der Waals surface area contributed by atoms with Gasteiger partial charge in [0.05, 0.1) is 11.3 Å². The Labute approximate surface area is 140 Å². The van der Waals surface area contributed by atoms with Crippen LogP contribution in [0.3, 0.4) is 0 Å². The molecular weight excluding hydrogens is 308 g/mol. The summed E-state index contributed by atoms with van der Waals surface area (Å²) in [5.74, 6) is 1.99. The number of aromatic nitrogens is 2. The molecule has 6 heteroatoms. The quantitative estimate of drug-likeness (QED) is 0.690. The second kappa shape index (κ2) is 7.17. The molecule has 1 amide bonds. The minimum atomic E-state index is 0.185. The van der Waals surface area contributed by atoms with Crippen LogP contribution in [0.4, 0.5) is 5.82 Å². The zero-order chi connectivity index (χ0) is 16.2. The van der Waals surface area contributed by atoms with Gasteiger partial charge in [-0.15, -0.1) is 0 Å². The van der Waals surface area contributed by atoms with Gasteiger partial charge in [0.25, 0.3) is 0 Å². The molecule has 2 aromatic rings. The molecule has 2 heterocycles. The molecule has 1 fully saturated rings. The molecule has 5 nitrogen and oxygen atoms in total. The van der Waals surface area contributed by atoms with Crippen molar-refractivity contribution in [3.63, 3.8) is 0 Å². The topological polar surface area (TPSA) is 58.1 Å². The number of nitrogens with one attached hydrogen (secondary N) is 1. The molecule has 0 bridgehead atoms. The smallest absolute Gasteiger partial charge is 0.233 e. The van der Waals surface area contributed by atoms with E-state index in [0.717, 1.165) is 36.2 Å². The predicted octanol–water partition coefficient (Wildman–Crippen LogP) is 3.02. The molecule has 23 heavy (non-hydrogen) atoms. The molecule has 0 spiro atoms. The van der Waals surface area contributed by atoms with Gasteiger partial charge in [0.15, 0.2) is 5.16 Å². The van der Waals surface area contributed by atoms with Gasteiger partial charge in [0.1, 0.15) is 5.82 Å². The number of hydrogen-bond acceptors (Lipinski definition) is 5. The van der Waals surface area contributed by atoms with Crippen LogP contribution < -0.4 is 5.32 Å². The van der Waals surface area contributed by atoms with E-state index in [1.54, 1.807) is 0 Å². The second-order valence-corrected chi connectivity index (χ2v) is 6.94. The maximum atomic E-state index is 12.4. The number of thioether (sulfide) groups is 1. The average Bonchev–Trinajstić information content (AvgIpc) is 2.58. The monoisotopic (exact) mass is 330 g/mol. The average molecular weight is 330 g/mol. The van der Waals surface area contributed by atoms with Gasteiger partial charge in [-0.1, -0.05) is 30.8 Å². The second-order valence-electron chi connectivity index (χ2n) is 6.00. The Morgan fingerprint density at radius 2 is 2.22 bits per heavy atom. The minimum Gasteiger partial charge on any atom is -0.372 e. The molecule has 0 aliphatic carbocycles. The normalized spacial score (nSPS) is 18.2. The largest absolute Gasteiger partial charge is 0.372 e. The van der Waals surface area contributed by atoms with Crippen molar-refractivity contribution in [1.29, 1.82) is 0 Å².